The number of halogens is 1. The van der Waals surface area contributed by atoms with Gasteiger partial charge in [-0.05, 0) is 30.7 Å². The van der Waals surface area contributed by atoms with Crippen LogP contribution in [0.5, 0.6) is 11.5 Å². The Hall–Kier alpha value is -1.68. The summed E-state index contributed by atoms with van der Waals surface area (Å²) in [6.07, 6.45) is 0. The van der Waals surface area contributed by atoms with Crippen molar-refractivity contribution in [1.29, 1.82) is 0 Å². The zero-order chi connectivity index (χ0) is 13.8. The molecule has 0 aliphatic carbocycles. The second kappa shape index (κ2) is 5.97. The maximum atomic E-state index is 5.80. The Morgan fingerprint density at radius 1 is 1.26 bits per heavy atom. The third-order valence-corrected chi connectivity index (χ3v) is 3.17. The van der Waals surface area contributed by atoms with E-state index in [1.54, 1.807) is 7.11 Å². The number of nitrogens with zero attached hydrogens (tertiary/aromatic N) is 2. The lowest BCUT2D eigenvalue weighted by molar-refractivity contribution is 0.275. The lowest BCUT2D eigenvalue weighted by Crippen LogP contribution is -2.04. The van der Waals surface area contributed by atoms with E-state index in [2.05, 4.69) is 5.10 Å². The quantitative estimate of drug-likeness (QED) is 0.790. The smallest absolute Gasteiger partial charge is 0.161 e. The molecule has 19 heavy (non-hydrogen) atoms. The summed E-state index contributed by atoms with van der Waals surface area (Å²) in [5.41, 5.74) is 2.99. The fourth-order valence-electron chi connectivity index (χ4n) is 1.87. The van der Waals surface area contributed by atoms with E-state index in [1.165, 1.54) is 0 Å². The van der Waals surface area contributed by atoms with Crippen molar-refractivity contribution < 1.29 is 9.47 Å². The molecule has 1 heterocycles. The van der Waals surface area contributed by atoms with Gasteiger partial charge in [-0.3, -0.25) is 4.68 Å². The molecule has 0 aliphatic rings. The van der Waals surface area contributed by atoms with Gasteiger partial charge in [0.25, 0.3) is 0 Å². The average molecular weight is 281 g/mol. The van der Waals surface area contributed by atoms with E-state index in [0.717, 1.165) is 17.0 Å². The van der Waals surface area contributed by atoms with Crippen molar-refractivity contribution in [3.8, 4) is 11.5 Å². The molecule has 1 aromatic heterocycles. The Bertz CT molecular complexity index is 567. The van der Waals surface area contributed by atoms with Gasteiger partial charge in [0.1, 0.15) is 6.61 Å². The summed E-state index contributed by atoms with van der Waals surface area (Å²) in [7, 11) is 3.52. The summed E-state index contributed by atoms with van der Waals surface area (Å²) >= 11 is 5.80. The van der Waals surface area contributed by atoms with E-state index < -0.39 is 0 Å². The van der Waals surface area contributed by atoms with Crippen molar-refractivity contribution in [2.45, 2.75) is 19.4 Å². The average Bonchev–Trinajstić information content (AvgIpc) is 2.74. The van der Waals surface area contributed by atoms with E-state index in [9.17, 15) is 0 Å². The molecule has 0 aliphatic heterocycles. The third-order valence-electron chi connectivity index (χ3n) is 2.86. The molecular weight excluding hydrogens is 264 g/mol. The van der Waals surface area contributed by atoms with Crippen LogP contribution in [0.2, 0.25) is 0 Å². The number of aryl methyl sites for hydroxylation is 2. The van der Waals surface area contributed by atoms with Crippen LogP contribution in [0.1, 0.15) is 17.0 Å². The van der Waals surface area contributed by atoms with Crippen LogP contribution >= 0.6 is 11.6 Å². The van der Waals surface area contributed by atoms with Crippen LogP contribution in [0.15, 0.2) is 24.3 Å². The van der Waals surface area contributed by atoms with Crippen LogP contribution < -0.4 is 9.47 Å². The van der Waals surface area contributed by atoms with Crippen LogP contribution in [0.4, 0.5) is 0 Å². The first-order chi connectivity index (χ1) is 9.13. The number of benzene rings is 1. The van der Waals surface area contributed by atoms with Gasteiger partial charge in [-0.1, -0.05) is 6.07 Å². The van der Waals surface area contributed by atoms with Gasteiger partial charge in [0, 0.05) is 12.9 Å². The van der Waals surface area contributed by atoms with Crippen molar-refractivity contribution >= 4 is 11.6 Å². The second-order valence-corrected chi connectivity index (χ2v) is 4.58. The summed E-state index contributed by atoms with van der Waals surface area (Å²) in [4.78, 5) is 0. The standard InChI is InChI=1S/C14H17ClN2O2/c1-10-6-12(17(2)16-10)9-19-13-5-4-11(8-15)7-14(13)18-3/h4-7H,8-9H2,1-3H3. The highest BCUT2D eigenvalue weighted by molar-refractivity contribution is 6.17. The van der Waals surface area contributed by atoms with Gasteiger partial charge in [0.15, 0.2) is 11.5 Å². The molecule has 0 N–H and O–H groups in total. The number of hydrogen-bond acceptors (Lipinski definition) is 3. The molecule has 2 rings (SSSR count). The van der Waals surface area contributed by atoms with Gasteiger partial charge in [-0.2, -0.15) is 5.10 Å². The molecule has 1 aromatic carbocycles. The molecule has 102 valence electrons. The first-order valence-electron chi connectivity index (χ1n) is 5.99. The fourth-order valence-corrected chi connectivity index (χ4v) is 2.03. The first-order valence-corrected chi connectivity index (χ1v) is 6.52. The van der Waals surface area contributed by atoms with Gasteiger partial charge < -0.3 is 9.47 Å². The van der Waals surface area contributed by atoms with E-state index >= 15 is 0 Å². The molecule has 0 amide bonds. The van der Waals surface area contributed by atoms with E-state index in [-0.39, 0.29) is 0 Å². The fraction of sp³-hybridized carbons (Fsp3) is 0.357. The Labute approximate surface area is 117 Å². The molecular formula is C14H17ClN2O2. The summed E-state index contributed by atoms with van der Waals surface area (Å²) in [5, 5.41) is 4.28. The molecule has 2 aromatic rings. The maximum Gasteiger partial charge on any atom is 0.161 e. The highest BCUT2D eigenvalue weighted by atomic mass is 35.5. The predicted molar refractivity (Wildman–Crippen MR) is 74.8 cm³/mol. The van der Waals surface area contributed by atoms with E-state index in [0.29, 0.717) is 24.0 Å². The molecule has 0 atom stereocenters. The molecule has 5 heteroatoms. The minimum Gasteiger partial charge on any atom is -0.493 e. The predicted octanol–water partition coefficient (Wildman–Crippen LogP) is 3.05. The first kappa shape index (κ1) is 13.7. The molecule has 0 bridgehead atoms. The number of methoxy groups -OCH3 is 1. The van der Waals surface area contributed by atoms with Gasteiger partial charge >= 0.3 is 0 Å². The molecule has 4 nitrogen and oxygen atoms in total. The van der Waals surface area contributed by atoms with Crippen molar-refractivity contribution in [3.05, 3.63) is 41.2 Å². The highest BCUT2D eigenvalue weighted by Gasteiger charge is 2.08. The number of alkyl halides is 1. The Morgan fingerprint density at radius 3 is 2.63 bits per heavy atom. The topological polar surface area (TPSA) is 36.3 Å². The normalized spacial score (nSPS) is 10.5. The zero-order valence-electron chi connectivity index (χ0n) is 11.3. The monoisotopic (exact) mass is 280 g/mol. The van der Waals surface area contributed by atoms with Gasteiger partial charge in [-0.15, -0.1) is 11.6 Å². The van der Waals surface area contributed by atoms with Gasteiger partial charge in [0.05, 0.1) is 18.5 Å². The molecule has 0 unspecified atom stereocenters. The molecule has 0 fully saturated rings. The number of ether oxygens (including phenoxy) is 2. The SMILES string of the molecule is COc1cc(CCl)ccc1OCc1cc(C)nn1C. The lowest BCUT2D eigenvalue weighted by Gasteiger charge is -2.11. The minimum absolute atomic E-state index is 0.452. The second-order valence-electron chi connectivity index (χ2n) is 4.31. The summed E-state index contributed by atoms with van der Waals surface area (Å²) in [6, 6.07) is 7.69. The Kier molecular flexibility index (Phi) is 4.32. The van der Waals surface area contributed by atoms with Crippen molar-refractivity contribution in [2.75, 3.05) is 7.11 Å². The number of rotatable bonds is 5. The van der Waals surface area contributed by atoms with Crippen molar-refractivity contribution in [3.63, 3.8) is 0 Å². The maximum absolute atomic E-state index is 5.80. The zero-order valence-corrected chi connectivity index (χ0v) is 12.1. The number of hydrogen-bond donors (Lipinski definition) is 0. The van der Waals surface area contributed by atoms with Crippen LogP contribution in [-0.2, 0) is 19.5 Å². The molecule has 0 radical (unpaired) electrons. The van der Waals surface area contributed by atoms with Crippen LogP contribution in [0.3, 0.4) is 0 Å². The van der Waals surface area contributed by atoms with E-state index in [4.69, 9.17) is 21.1 Å². The van der Waals surface area contributed by atoms with Crippen LogP contribution in [0, 0.1) is 6.92 Å². The Balaban J connectivity index is 2.13. The summed E-state index contributed by atoms with van der Waals surface area (Å²) < 4.78 is 12.9. The minimum atomic E-state index is 0.452. The number of aromatic nitrogens is 2. The van der Waals surface area contributed by atoms with Crippen LogP contribution in [-0.4, -0.2) is 16.9 Å². The van der Waals surface area contributed by atoms with E-state index in [1.807, 2.05) is 42.9 Å². The molecule has 0 spiro atoms. The Morgan fingerprint density at radius 2 is 2.05 bits per heavy atom. The van der Waals surface area contributed by atoms with Gasteiger partial charge in [-0.25, -0.2) is 0 Å². The summed E-state index contributed by atoms with van der Waals surface area (Å²) in [6.45, 7) is 2.41. The molecule has 0 saturated carbocycles. The lowest BCUT2D eigenvalue weighted by atomic mass is 10.2. The molecule has 0 saturated heterocycles. The van der Waals surface area contributed by atoms with Crippen molar-refractivity contribution in [1.82, 2.24) is 9.78 Å². The highest BCUT2D eigenvalue weighted by Crippen LogP contribution is 2.29. The van der Waals surface area contributed by atoms with Crippen LogP contribution in [0.25, 0.3) is 0 Å². The van der Waals surface area contributed by atoms with Gasteiger partial charge in [0.2, 0.25) is 0 Å². The third kappa shape index (κ3) is 3.20. The van der Waals surface area contributed by atoms with Crippen molar-refractivity contribution in [2.24, 2.45) is 7.05 Å². The summed E-state index contributed by atoms with van der Waals surface area (Å²) in [5.74, 6) is 1.85. The largest absolute Gasteiger partial charge is 0.493 e.